The number of ether oxygens (including phenoxy) is 4. The number of methoxy groups -OCH3 is 3. The molecule has 0 saturated heterocycles. The summed E-state index contributed by atoms with van der Waals surface area (Å²) in [5.74, 6) is 0. The standard InChI is InChI=1S/C9H21NO4/c1-11-5-9(13-3)7-14-6-8(4-10)12-2/h8-9H,4-7,10H2,1-3H3. The molecule has 2 N–H and O–H groups in total. The van der Waals surface area contributed by atoms with Gasteiger partial charge in [0.25, 0.3) is 0 Å². The molecule has 0 heterocycles. The second kappa shape index (κ2) is 9.36. The van der Waals surface area contributed by atoms with Crippen LogP contribution in [0.15, 0.2) is 0 Å². The van der Waals surface area contributed by atoms with Gasteiger partial charge in [0.05, 0.1) is 25.9 Å². The quantitative estimate of drug-likeness (QED) is 0.559. The Morgan fingerprint density at radius 1 is 0.929 bits per heavy atom. The maximum atomic E-state index is 5.43. The van der Waals surface area contributed by atoms with E-state index in [1.54, 1.807) is 21.3 Å². The molecule has 0 spiro atoms. The largest absolute Gasteiger partial charge is 0.382 e. The van der Waals surface area contributed by atoms with Gasteiger partial charge in [-0.3, -0.25) is 0 Å². The summed E-state index contributed by atoms with van der Waals surface area (Å²) < 4.78 is 20.5. The maximum Gasteiger partial charge on any atom is 0.104 e. The molecule has 86 valence electrons. The van der Waals surface area contributed by atoms with Gasteiger partial charge in [0.2, 0.25) is 0 Å². The van der Waals surface area contributed by atoms with Crippen molar-refractivity contribution in [1.82, 2.24) is 0 Å². The molecule has 5 heteroatoms. The van der Waals surface area contributed by atoms with Crippen LogP contribution < -0.4 is 5.73 Å². The molecule has 5 nitrogen and oxygen atoms in total. The zero-order valence-corrected chi connectivity index (χ0v) is 9.19. The van der Waals surface area contributed by atoms with Gasteiger partial charge in [0, 0.05) is 27.9 Å². The fraction of sp³-hybridized carbons (Fsp3) is 1.00. The first-order valence-electron chi connectivity index (χ1n) is 4.60. The Hall–Kier alpha value is -0.200. The van der Waals surface area contributed by atoms with Crippen LogP contribution in [-0.4, -0.2) is 59.9 Å². The van der Waals surface area contributed by atoms with E-state index in [1.807, 2.05) is 0 Å². The molecule has 0 radical (unpaired) electrons. The van der Waals surface area contributed by atoms with Gasteiger partial charge in [-0.1, -0.05) is 0 Å². The molecule has 2 unspecified atom stereocenters. The minimum Gasteiger partial charge on any atom is -0.382 e. The van der Waals surface area contributed by atoms with Crippen LogP contribution in [0, 0.1) is 0 Å². The van der Waals surface area contributed by atoms with Crippen LogP contribution in [0.3, 0.4) is 0 Å². The average Bonchev–Trinajstić information content (AvgIpc) is 2.23. The van der Waals surface area contributed by atoms with Crippen molar-refractivity contribution in [2.45, 2.75) is 12.2 Å². The van der Waals surface area contributed by atoms with Gasteiger partial charge < -0.3 is 24.7 Å². The number of hydrogen-bond acceptors (Lipinski definition) is 5. The minimum absolute atomic E-state index is 0.0321. The van der Waals surface area contributed by atoms with Gasteiger partial charge in [-0.25, -0.2) is 0 Å². The molecule has 0 aromatic carbocycles. The van der Waals surface area contributed by atoms with E-state index in [0.29, 0.717) is 26.4 Å². The fourth-order valence-corrected chi connectivity index (χ4v) is 0.933. The van der Waals surface area contributed by atoms with Gasteiger partial charge in [-0.05, 0) is 0 Å². The zero-order valence-electron chi connectivity index (χ0n) is 9.19. The predicted molar refractivity (Wildman–Crippen MR) is 53.3 cm³/mol. The maximum absolute atomic E-state index is 5.43. The van der Waals surface area contributed by atoms with Crippen LogP contribution >= 0.6 is 0 Å². The summed E-state index contributed by atoms with van der Waals surface area (Å²) in [7, 11) is 4.87. The monoisotopic (exact) mass is 207 g/mol. The van der Waals surface area contributed by atoms with Crippen molar-refractivity contribution in [2.75, 3.05) is 47.7 Å². The zero-order chi connectivity index (χ0) is 10.8. The van der Waals surface area contributed by atoms with E-state index < -0.39 is 0 Å². The Kier molecular flexibility index (Phi) is 9.23. The van der Waals surface area contributed by atoms with Gasteiger partial charge in [-0.15, -0.1) is 0 Å². The van der Waals surface area contributed by atoms with Crippen LogP contribution in [0.2, 0.25) is 0 Å². The van der Waals surface area contributed by atoms with Gasteiger partial charge in [0.15, 0.2) is 0 Å². The van der Waals surface area contributed by atoms with Crippen molar-refractivity contribution in [3.8, 4) is 0 Å². The van der Waals surface area contributed by atoms with Crippen molar-refractivity contribution in [3.05, 3.63) is 0 Å². The molecule has 0 rings (SSSR count). The Morgan fingerprint density at radius 3 is 1.93 bits per heavy atom. The van der Waals surface area contributed by atoms with Crippen molar-refractivity contribution in [3.63, 3.8) is 0 Å². The van der Waals surface area contributed by atoms with Crippen molar-refractivity contribution >= 4 is 0 Å². The summed E-state index contributed by atoms with van der Waals surface area (Å²) >= 11 is 0. The third-order valence-electron chi connectivity index (χ3n) is 1.89. The predicted octanol–water partition coefficient (Wildman–Crippen LogP) is -0.362. The van der Waals surface area contributed by atoms with Crippen LogP contribution in [-0.2, 0) is 18.9 Å². The average molecular weight is 207 g/mol. The molecule has 0 aromatic heterocycles. The first kappa shape index (κ1) is 13.8. The first-order chi connectivity index (χ1) is 6.78. The Balaban J connectivity index is 3.48. The molecule has 0 aliphatic carbocycles. The lowest BCUT2D eigenvalue weighted by Gasteiger charge is -2.17. The smallest absolute Gasteiger partial charge is 0.104 e. The molecule has 2 atom stereocenters. The van der Waals surface area contributed by atoms with E-state index in [9.17, 15) is 0 Å². The van der Waals surface area contributed by atoms with E-state index in [-0.39, 0.29) is 12.2 Å². The number of nitrogens with two attached hydrogens (primary N) is 1. The SMILES string of the molecule is COCC(COCC(CN)OC)OC. The van der Waals surface area contributed by atoms with Gasteiger partial charge in [0.1, 0.15) is 6.10 Å². The molecule has 0 saturated carbocycles. The lowest BCUT2D eigenvalue weighted by molar-refractivity contribution is -0.0537. The minimum atomic E-state index is -0.0462. The summed E-state index contributed by atoms with van der Waals surface area (Å²) in [6.07, 6.45) is -0.0784. The number of hydrogen-bond donors (Lipinski definition) is 1. The fourth-order valence-electron chi connectivity index (χ4n) is 0.933. The Morgan fingerprint density at radius 2 is 1.50 bits per heavy atom. The van der Waals surface area contributed by atoms with Crippen LogP contribution in [0.25, 0.3) is 0 Å². The normalized spacial score (nSPS) is 15.4. The van der Waals surface area contributed by atoms with Gasteiger partial charge >= 0.3 is 0 Å². The van der Waals surface area contributed by atoms with E-state index in [1.165, 1.54) is 0 Å². The third kappa shape index (κ3) is 6.28. The lowest BCUT2D eigenvalue weighted by Crippen LogP contribution is -2.31. The molecular weight excluding hydrogens is 186 g/mol. The van der Waals surface area contributed by atoms with Crippen LogP contribution in [0.1, 0.15) is 0 Å². The van der Waals surface area contributed by atoms with E-state index in [2.05, 4.69) is 0 Å². The lowest BCUT2D eigenvalue weighted by atomic mass is 10.3. The van der Waals surface area contributed by atoms with E-state index in [0.717, 1.165) is 0 Å². The van der Waals surface area contributed by atoms with Crippen molar-refractivity contribution in [2.24, 2.45) is 5.73 Å². The topological polar surface area (TPSA) is 62.9 Å². The Bertz CT molecular complexity index is 119. The molecule has 0 aromatic rings. The van der Waals surface area contributed by atoms with Gasteiger partial charge in [-0.2, -0.15) is 0 Å². The highest BCUT2D eigenvalue weighted by Gasteiger charge is 2.09. The second-order valence-electron chi connectivity index (χ2n) is 2.94. The third-order valence-corrected chi connectivity index (χ3v) is 1.89. The summed E-state index contributed by atoms with van der Waals surface area (Å²) in [6, 6.07) is 0. The molecule has 0 amide bonds. The first-order valence-corrected chi connectivity index (χ1v) is 4.60. The van der Waals surface area contributed by atoms with Crippen LogP contribution in [0.4, 0.5) is 0 Å². The van der Waals surface area contributed by atoms with Crippen molar-refractivity contribution < 1.29 is 18.9 Å². The highest BCUT2D eigenvalue weighted by Crippen LogP contribution is 1.95. The molecule has 0 aliphatic heterocycles. The molecular formula is C9H21NO4. The highest BCUT2D eigenvalue weighted by molar-refractivity contribution is 4.58. The summed E-state index contributed by atoms with van der Waals surface area (Å²) in [5, 5.41) is 0. The van der Waals surface area contributed by atoms with E-state index in [4.69, 9.17) is 24.7 Å². The summed E-state index contributed by atoms with van der Waals surface area (Å²) in [6.45, 7) is 1.95. The van der Waals surface area contributed by atoms with Crippen molar-refractivity contribution in [1.29, 1.82) is 0 Å². The molecule has 14 heavy (non-hydrogen) atoms. The number of rotatable bonds is 9. The summed E-state index contributed by atoms with van der Waals surface area (Å²) in [5.41, 5.74) is 5.43. The highest BCUT2D eigenvalue weighted by atomic mass is 16.6. The summed E-state index contributed by atoms with van der Waals surface area (Å²) in [4.78, 5) is 0. The Labute approximate surface area is 85.5 Å². The molecule has 0 aliphatic rings. The second-order valence-corrected chi connectivity index (χ2v) is 2.94. The van der Waals surface area contributed by atoms with E-state index >= 15 is 0 Å². The van der Waals surface area contributed by atoms with Crippen LogP contribution in [0.5, 0.6) is 0 Å². The molecule has 0 bridgehead atoms. The molecule has 0 fully saturated rings.